The van der Waals surface area contributed by atoms with Crippen LogP contribution in [0.2, 0.25) is 0 Å². The second-order valence-corrected chi connectivity index (χ2v) is 4.07. The summed E-state index contributed by atoms with van der Waals surface area (Å²) in [7, 11) is 0. The highest BCUT2D eigenvalue weighted by atomic mass is 19.1. The molecule has 0 bridgehead atoms. The van der Waals surface area contributed by atoms with Gasteiger partial charge in [0, 0.05) is 5.56 Å². The smallest absolute Gasteiger partial charge is 0.137 e. The van der Waals surface area contributed by atoms with Gasteiger partial charge < -0.3 is 5.11 Å². The van der Waals surface area contributed by atoms with Gasteiger partial charge in [0.05, 0.1) is 5.56 Å². The van der Waals surface area contributed by atoms with E-state index in [0.29, 0.717) is 5.56 Å². The number of phenols is 1. The molecular formula is C14H12F2O. The van der Waals surface area contributed by atoms with Gasteiger partial charge in [0.15, 0.2) is 0 Å². The van der Waals surface area contributed by atoms with Crippen LogP contribution in [0, 0.1) is 25.5 Å². The zero-order chi connectivity index (χ0) is 12.6. The molecule has 1 N–H and O–H groups in total. The van der Waals surface area contributed by atoms with Crippen LogP contribution in [-0.4, -0.2) is 5.11 Å². The van der Waals surface area contributed by atoms with Crippen molar-refractivity contribution in [1.29, 1.82) is 0 Å². The molecular weight excluding hydrogens is 222 g/mol. The highest BCUT2D eigenvalue weighted by Crippen LogP contribution is 2.34. The molecule has 0 aliphatic carbocycles. The van der Waals surface area contributed by atoms with Crippen molar-refractivity contribution in [2.24, 2.45) is 0 Å². The summed E-state index contributed by atoms with van der Waals surface area (Å²) in [5, 5.41) is 9.69. The minimum Gasteiger partial charge on any atom is -0.507 e. The van der Waals surface area contributed by atoms with Crippen LogP contribution in [0.5, 0.6) is 5.75 Å². The molecule has 0 unspecified atom stereocenters. The van der Waals surface area contributed by atoms with Gasteiger partial charge in [0.1, 0.15) is 17.4 Å². The van der Waals surface area contributed by atoms with E-state index >= 15 is 0 Å². The SMILES string of the molecule is Cc1ccc(O)c(-c2c(F)ccc(C)c2F)c1. The van der Waals surface area contributed by atoms with Crippen LogP contribution >= 0.6 is 0 Å². The first-order valence-electron chi connectivity index (χ1n) is 5.25. The summed E-state index contributed by atoms with van der Waals surface area (Å²) in [5.41, 5.74) is 1.19. The normalized spacial score (nSPS) is 10.6. The first-order chi connectivity index (χ1) is 8.00. The summed E-state index contributed by atoms with van der Waals surface area (Å²) in [6.45, 7) is 3.36. The largest absolute Gasteiger partial charge is 0.507 e. The fraction of sp³-hybridized carbons (Fsp3) is 0.143. The van der Waals surface area contributed by atoms with E-state index in [1.165, 1.54) is 18.2 Å². The lowest BCUT2D eigenvalue weighted by Gasteiger charge is -2.10. The predicted molar refractivity (Wildman–Crippen MR) is 62.9 cm³/mol. The molecule has 0 fully saturated rings. The maximum atomic E-state index is 13.9. The number of phenolic OH excluding ortho intramolecular Hbond substituents is 1. The van der Waals surface area contributed by atoms with Crippen LogP contribution in [0.25, 0.3) is 11.1 Å². The summed E-state index contributed by atoms with van der Waals surface area (Å²) < 4.78 is 27.6. The Morgan fingerprint density at radius 3 is 2.41 bits per heavy atom. The first-order valence-corrected chi connectivity index (χ1v) is 5.25. The second kappa shape index (κ2) is 4.17. The monoisotopic (exact) mass is 234 g/mol. The van der Waals surface area contributed by atoms with Crippen molar-refractivity contribution < 1.29 is 13.9 Å². The molecule has 88 valence electrons. The third-order valence-corrected chi connectivity index (χ3v) is 2.71. The Hall–Kier alpha value is -1.90. The average Bonchev–Trinajstić information content (AvgIpc) is 2.29. The molecule has 0 radical (unpaired) electrons. The molecule has 0 spiro atoms. The lowest BCUT2D eigenvalue weighted by atomic mass is 9.99. The van der Waals surface area contributed by atoms with Crippen molar-refractivity contribution in [2.75, 3.05) is 0 Å². The molecule has 17 heavy (non-hydrogen) atoms. The molecule has 2 aromatic rings. The molecule has 3 heteroatoms. The van der Waals surface area contributed by atoms with Gasteiger partial charge in [-0.1, -0.05) is 17.7 Å². The number of halogens is 2. The Morgan fingerprint density at radius 2 is 1.71 bits per heavy atom. The molecule has 0 atom stereocenters. The molecule has 0 aliphatic heterocycles. The van der Waals surface area contributed by atoms with Crippen LogP contribution in [0.3, 0.4) is 0 Å². The molecule has 0 amide bonds. The van der Waals surface area contributed by atoms with E-state index < -0.39 is 11.6 Å². The van der Waals surface area contributed by atoms with E-state index in [0.717, 1.165) is 5.56 Å². The minimum atomic E-state index is -0.672. The van der Waals surface area contributed by atoms with Gasteiger partial charge in [-0.3, -0.25) is 0 Å². The van der Waals surface area contributed by atoms with Gasteiger partial charge in [-0.15, -0.1) is 0 Å². The summed E-state index contributed by atoms with van der Waals surface area (Å²) >= 11 is 0. The van der Waals surface area contributed by atoms with E-state index in [9.17, 15) is 13.9 Å². The van der Waals surface area contributed by atoms with Gasteiger partial charge in [-0.25, -0.2) is 8.78 Å². The topological polar surface area (TPSA) is 20.2 Å². The van der Waals surface area contributed by atoms with E-state index in [2.05, 4.69) is 0 Å². The van der Waals surface area contributed by atoms with Crippen LogP contribution < -0.4 is 0 Å². The Bertz CT molecular complexity index is 577. The molecule has 0 aliphatic rings. The Labute approximate surface area is 98.3 Å². The van der Waals surface area contributed by atoms with Gasteiger partial charge >= 0.3 is 0 Å². The third-order valence-electron chi connectivity index (χ3n) is 2.71. The summed E-state index contributed by atoms with van der Waals surface area (Å²) in [6.07, 6.45) is 0. The van der Waals surface area contributed by atoms with Gasteiger partial charge in [-0.2, -0.15) is 0 Å². The maximum absolute atomic E-state index is 13.9. The van der Waals surface area contributed by atoms with E-state index in [-0.39, 0.29) is 16.9 Å². The van der Waals surface area contributed by atoms with Crippen molar-refractivity contribution in [3.8, 4) is 16.9 Å². The lowest BCUT2D eigenvalue weighted by molar-refractivity contribution is 0.475. The lowest BCUT2D eigenvalue weighted by Crippen LogP contribution is -1.94. The number of rotatable bonds is 1. The molecule has 0 saturated heterocycles. The third kappa shape index (κ3) is 2.00. The fourth-order valence-electron chi connectivity index (χ4n) is 1.75. The minimum absolute atomic E-state index is 0.126. The van der Waals surface area contributed by atoms with E-state index in [1.807, 2.05) is 0 Å². The highest BCUT2D eigenvalue weighted by molar-refractivity contribution is 5.72. The number of aryl methyl sites for hydroxylation is 2. The van der Waals surface area contributed by atoms with E-state index in [1.54, 1.807) is 26.0 Å². The Morgan fingerprint density at radius 1 is 1.00 bits per heavy atom. The molecule has 2 aromatic carbocycles. The average molecular weight is 234 g/mol. The van der Waals surface area contributed by atoms with Crippen molar-refractivity contribution in [3.05, 3.63) is 53.1 Å². The van der Waals surface area contributed by atoms with Crippen molar-refractivity contribution in [2.45, 2.75) is 13.8 Å². The van der Waals surface area contributed by atoms with Crippen molar-refractivity contribution in [3.63, 3.8) is 0 Å². The van der Waals surface area contributed by atoms with Crippen LogP contribution in [0.4, 0.5) is 8.78 Å². The predicted octanol–water partition coefficient (Wildman–Crippen LogP) is 3.95. The molecule has 1 nitrogen and oxygen atoms in total. The van der Waals surface area contributed by atoms with E-state index in [4.69, 9.17) is 0 Å². The Balaban J connectivity index is 2.76. The zero-order valence-electron chi connectivity index (χ0n) is 9.59. The molecule has 0 heterocycles. The Kier molecular flexibility index (Phi) is 2.84. The van der Waals surface area contributed by atoms with Crippen LogP contribution in [0.15, 0.2) is 30.3 Å². The van der Waals surface area contributed by atoms with Crippen molar-refractivity contribution >= 4 is 0 Å². The molecule has 0 saturated carbocycles. The van der Waals surface area contributed by atoms with Gasteiger partial charge in [-0.05, 0) is 37.6 Å². The standard InChI is InChI=1S/C14H12F2O/c1-8-3-6-12(17)10(7-8)13-11(15)5-4-9(2)14(13)16/h3-7,17H,1-2H3. The quantitative estimate of drug-likeness (QED) is 0.792. The number of hydrogen-bond donors (Lipinski definition) is 1. The number of aromatic hydroxyl groups is 1. The zero-order valence-corrected chi connectivity index (χ0v) is 9.59. The van der Waals surface area contributed by atoms with Gasteiger partial charge in [0.2, 0.25) is 0 Å². The first kappa shape index (κ1) is 11.6. The summed E-state index contributed by atoms with van der Waals surface area (Å²) in [5.74, 6) is -1.43. The number of hydrogen-bond acceptors (Lipinski definition) is 1. The van der Waals surface area contributed by atoms with Crippen molar-refractivity contribution in [1.82, 2.24) is 0 Å². The number of benzene rings is 2. The van der Waals surface area contributed by atoms with Crippen LogP contribution in [0.1, 0.15) is 11.1 Å². The fourth-order valence-corrected chi connectivity index (χ4v) is 1.75. The highest BCUT2D eigenvalue weighted by Gasteiger charge is 2.16. The molecule has 0 aromatic heterocycles. The van der Waals surface area contributed by atoms with Crippen LogP contribution in [-0.2, 0) is 0 Å². The summed E-state index contributed by atoms with van der Waals surface area (Å²) in [6, 6.07) is 7.27. The summed E-state index contributed by atoms with van der Waals surface area (Å²) in [4.78, 5) is 0. The maximum Gasteiger partial charge on any atom is 0.137 e. The van der Waals surface area contributed by atoms with Gasteiger partial charge in [0.25, 0.3) is 0 Å². The second-order valence-electron chi connectivity index (χ2n) is 4.07. The molecule has 2 rings (SSSR count).